The molecule has 1 aliphatic rings. The first-order chi connectivity index (χ1) is 9.45. The third kappa shape index (κ3) is 2.76. The van der Waals surface area contributed by atoms with Gasteiger partial charge in [-0.05, 0) is 23.8 Å². The Bertz CT molecular complexity index is 674. The van der Waals surface area contributed by atoms with Gasteiger partial charge in [-0.25, -0.2) is 8.42 Å². The van der Waals surface area contributed by atoms with Gasteiger partial charge in [0.15, 0.2) is 0 Å². The average molecular weight is 295 g/mol. The Morgan fingerprint density at radius 2 is 2.25 bits per heavy atom. The molecule has 0 atom stereocenters. The monoisotopic (exact) mass is 295 g/mol. The number of hydrogen-bond donors (Lipinski definition) is 1. The molecule has 0 saturated heterocycles. The SMILES string of the molecule is C#CCN(CC(=O)O)S(=O)(=O)c1ccc2c(c1)CCO2. The van der Waals surface area contributed by atoms with Gasteiger partial charge in [-0.2, -0.15) is 4.31 Å². The predicted octanol–water partition coefficient (Wildman–Crippen LogP) is 0.330. The van der Waals surface area contributed by atoms with Crippen LogP contribution in [0.3, 0.4) is 0 Å². The third-order valence-corrected chi connectivity index (χ3v) is 4.67. The molecular weight excluding hydrogens is 282 g/mol. The van der Waals surface area contributed by atoms with Crippen molar-refractivity contribution in [2.45, 2.75) is 11.3 Å². The van der Waals surface area contributed by atoms with E-state index in [0.717, 1.165) is 9.87 Å². The Labute approximate surface area is 117 Å². The van der Waals surface area contributed by atoms with E-state index in [4.69, 9.17) is 16.3 Å². The number of carboxylic acids is 1. The minimum absolute atomic E-state index is 0.0262. The number of sulfonamides is 1. The highest BCUT2D eigenvalue weighted by Gasteiger charge is 2.27. The second kappa shape index (κ2) is 5.53. The van der Waals surface area contributed by atoms with Crippen molar-refractivity contribution in [1.82, 2.24) is 4.31 Å². The summed E-state index contributed by atoms with van der Waals surface area (Å²) in [6.45, 7) is -0.440. The first kappa shape index (κ1) is 14.4. The summed E-state index contributed by atoms with van der Waals surface area (Å²) in [6.07, 6.45) is 5.73. The zero-order valence-corrected chi connectivity index (χ0v) is 11.4. The van der Waals surface area contributed by atoms with Crippen LogP contribution < -0.4 is 4.74 Å². The zero-order valence-electron chi connectivity index (χ0n) is 10.6. The topological polar surface area (TPSA) is 83.9 Å². The van der Waals surface area contributed by atoms with Crippen LogP contribution in [0.1, 0.15) is 5.56 Å². The number of aliphatic carboxylic acids is 1. The Morgan fingerprint density at radius 3 is 2.90 bits per heavy atom. The quantitative estimate of drug-likeness (QED) is 0.791. The van der Waals surface area contributed by atoms with Crippen molar-refractivity contribution in [2.75, 3.05) is 19.7 Å². The summed E-state index contributed by atoms with van der Waals surface area (Å²) in [6, 6.07) is 4.47. The molecule has 20 heavy (non-hydrogen) atoms. The van der Waals surface area contributed by atoms with Gasteiger partial charge in [0.1, 0.15) is 12.3 Å². The van der Waals surface area contributed by atoms with Crippen LogP contribution >= 0.6 is 0 Å². The van der Waals surface area contributed by atoms with Gasteiger partial charge >= 0.3 is 5.97 Å². The van der Waals surface area contributed by atoms with Crippen LogP contribution in [0.15, 0.2) is 23.1 Å². The van der Waals surface area contributed by atoms with Crippen molar-refractivity contribution in [3.05, 3.63) is 23.8 Å². The van der Waals surface area contributed by atoms with E-state index in [1.807, 2.05) is 0 Å². The van der Waals surface area contributed by atoms with Crippen LogP contribution in [0.4, 0.5) is 0 Å². The number of rotatable bonds is 5. The summed E-state index contributed by atoms with van der Waals surface area (Å²) in [7, 11) is -3.93. The van der Waals surface area contributed by atoms with Crippen molar-refractivity contribution in [2.24, 2.45) is 0 Å². The van der Waals surface area contributed by atoms with E-state index in [9.17, 15) is 13.2 Å². The second-order valence-corrected chi connectivity index (χ2v) is 6.18. The molecule has 0 bridgehead atoms. The number of carboxylic acid groups (broad SMARTS) is 1. The fourth-order valence-corrected chi connectivity index (χ4v) is 3.31. The smallest absolute Gasteiger partial charge is 0.318 e. The fraction of sp³-hybridized carbons (Fsp3) is 0.308. The molecule has 0 spiro atoms. The third-order valence-electron chi connectivity index (χ3n) is 2.88. The number of ether oxygens (including phenoxy) is 1. The molecule has 1 aromatic rings. The van der Waals surface area contributed by atoms with Crippen molar-refractivity contribution < 1.29 is 23.1 Å². The second-order valence-electron chi connectivity index (χ2n) is 4.24. The van der Waals surface area contributed by atoms with Gasteiger partial charge in [-0.3, -0.25) is 4.79 Å². The highest BCUT2D eigenvalue weighted by molar-refractivity contribution is 7.89. The summed E-state index contributed by atoms with van der Waals surface area (Å²) in [5.41, 5.74) is 0.794. The molecular formula is C13H13NO5S. The molecule has 0 saturated carbocycles. The van der Waals surface area contributed by atoms with Crippen molar-refractivity contribution in [1.29, 1.82) is 0 Å². The summed E-state index contributed by atoms with van der Waals surface area (Å²) in [5, 5.41) is 8.78. The molecule has 2 rings (SSSR count). The molecule has 106 valence electrons. The molecule has 0 amide bonds. The molecule has 1 heterocycles. The minimum Gasteiger partial charge on any atom is -0.493 e. The number of benzene rings is 1. The van der Waals surface area contributed by atoms with Gasteiger partial charge < -0.3 is 9.84 Å². The Kier molecular flexibility index (Phi) is 3.97. The van der Waals surface area contributed by atoms with Crippen LogP contribution in [0.2, 0.25) is 0 Å². The Hall–Kier alpha value is -2.04. The first-order valence-corrected chi connectivity index (χ1v) is 7.30. The van der Waals surface area contributed by atoms with Crippen LogP contribution in [0.5, 0.6) is 5.75 Å². The molecule has 0 fully saturated rings. The maximum Gasteiger partial charge on any atom is 0.318 e. The minimum atomic E-state index is -3.93. The molecule has 6 nitrogen and oxygen atoms in total. The fourth-order valence-electron chi connectivity index (χ4n) is 1.95. The highest BCUT2D eigenvalue weighted by atomic mass is 32.2. The summed E-state index contributed by atoms with van der Waals surface area (Å²) in [4.78, 5) is 10.8. The van der Waals surface area contributed by atoms with Gasteiger partial charge in [-0.1, -0.05) is 5.92 Å². The Morgan fingerprint density at radius 1 is 1.50 bits per heavy atom. The molecule has 0 radical (unpaired) electrons. The molecule has 0 aliphatic carbocycles. The summed E-state index contributed by atoms with van der Waals surface area (Å²) < 4.78 is 30.8. The number of fused-ring (bicyclic) bond motifs is 1. The van der Waals surface area contributed by atoms with Gasteiger partial charge in [-0.15, -0.1) is 6.42 Å². The normalized spacial score (nSPS) is 13.6. The molecule has 0 unspecified atom stereocenters. The van der Waals surface area contributed by atoms with Crippen LogP contribution in [-0.4, -0.2) is 43.5 Å². The van der Waals surface area contributed by atoms with E-state index < -0.39 is 22.5 Å². The van der Waals surface area contributed by atoms with Gasteiger partial charge in [0.25, 0.3) is 0 Å². The lowest BCUT2D eigenvalue weighted by atomic mass is 10.2. The molecule has 1 aliphatic heterocycles. The van der Waals surface area contributed by atoms with Crippen LogP contribution in [-0.2, 0) is 21.2 Å². The lowest BCUT2D eigenvalue weighted by molar-refractivity contribution is -0.137. The average Bonchev–Trinajstić information content (AvgIpc) is 2.84. The van der Waals surface area contributed by atoms with E-state index in [0.29, 0.717) is 18.8 Å². The number of nitrogens with zero attached hydrogens (tertiary/aromatic N) is 1. The Balaban J connectivity index is 2.37. The maximum absolute atomic E-state index is 12.4. The van der Waals surface area contributed by atoms with Crippen molar-refractivity contribution in [3.63, 3.8) is 0 Å². The molecule has 7 heteroatoms. The van der Waals surface area contributed by atoms with E-state index in [1.54, 1.807) is 6.07 Å². The van der Waals surface area contributed by atoms with Crippen molar-refractivity contribution >= 4 is 16.0 Å². The van der Waals surface area contributed by atoms with Gasteiger partial charge in [0, 0.05) is 6.42 Å². The van der Waals surface area contributed by atoms with E-state index in [2.05, 4.69) is 5.92 Å². The highest BCUT2D eigenvalue weighted by Crippen LogP contribution is 2.28. The number of hydrogen-bond acceptors (Lipinski definition) is 4. The molecule has 1 N–H and O–H groups in total. The lowest BCUT2D eigenvalue weighted by Crippen LogP contribution is -2.36. The maximum atomic E-state index is 12.4. The largest absolute Gasteiger partial charge is 0.493 e. The van der Waals surface area contributed by atoms with Crippen LogP contribution in [0.25, 0.3) is 0 Å². The van der Waals surface area contributed by atoms with E-state index in [1.165, 1.54) is 12.1 Å². The van der Waals surface area contributed by atoms with Crippen molar-refractivity contribution in [3.8, 4) is 18.1 Å². The number of terminal acetylenes is 1. The molecule has 1 aromatic carbocycles. The standard InChI is InChI=1S/C13H13NO5S/c1-2-6-14(9-13(15)16)20(17,18)11-3-4-12-10(8-11)5-7-19-12/h1,3-4,8H,5-7,9H2,(H,15,16). The summed E-state index contributed by atoms with van der Waals surface area (Å²) in [5.74, 6) is 1.56. The van der Waals surface area contributed by atoms with E-state index >= 15 is 0 Å². The van der Waals surface area contributed by atoms with Gasteiger partial charge in [0.2, 0.25) is 10.0 Å². The molecule has 0 aromatic heterocycles. The predicted molar refractivity (Wildman–Crippen MR) is 70.9 cm³/mol. The van der Waals surface area contributed by atoms with Gasteiger partial charge in [0.05, 0.1) is 18.0 Å². The number of carbonyl (C=O) groups is 1. The lowest BCUT2D eigenvalue weighted by Gasteiger charge is -2.18. The first-order valence-electron chi connectivity index (χ1n) is 5.86. The zero-order chi connectivity index (χ0) is 14.8. The van der Waals surface area contributed by atoms with Crippen LogP contribution in [0, 0.1) is 12.3 Å². The van der Waals surface area contributed by atoms with E-state index in [-0.39, 0.29) is 11.4 Å². The summed E-state index contributed by atoms with van der Waals surface area (Å²) >= 11 is 0.